The Morgan fingerprint density at radius 3 is 1.43 bits per heavy atom. The second-order valence-corrected chi connectivity index (χ2v) is 9.82. The molecule has 0 amide bonds. The SMILES string of the molecule is C1=C(c2ccccc2)C=C(c2ccccc2)[PH](c2ccccc2)=C1c1ccccc1. The molecule has 1 aliphatic rings. The van der Waals surface area contributed by atoms with Crippen molar-refractivity contribution in [1.82, 2.24) is 0 Å². The van der Waals surface area contributed by atoms with E-state index in [2.05, 4.69) is 133 Å². The van der Waals surface area contributed by atoms with Crippen molar-refractivity contribution in [2.24, 2.45) is 0 Å². The summed E-state index contributed by atoms with van der Waals surface area (Å²) in [7, 11) is -1.15. The molecule has 1 heterocycles. The van der Waals surface area contributed by atoms with Crippen molar-refractivity contribution in [3.63, 3.8) is 0 Å². The maximum absolute atomic E-state index is 2.42. The van der Waals surface area contributed by atoms with Gasteiger partial charge >= 0.3 is 0 Å². The second-order valence-electron chi connectivity index (χ2n) is 7.41. The number of hydrogen-bond acceptors (Lipinski definition) is 0. The molecule has 0 radical (unpaired) electrons. The zero-order valence-corrected chi connectivity index (χ0v) is 17.7. The highest BCUT2D eigenvalue weighted by Crippen LogP contribution is 2.48. The van der Waals surface area contributed by atoms with Crippen LogP contribution in [0.4, 0.5) is 0 Å². The van der Waals surface area contributed by atoms with Crippen molar-refractivity contribution in [3.05, 3.63) is 150 Å². The predicted octanol–water partition coefficient (Wildman–Crippen LogP) is 6.89. The van der Waals surface area contributed by atoms with E-state index in [4.69, 9.17) is 0 Å². The van der Waals surface area contributed by atoms with E-state index >= 15 is 0 Å². The molecule has 1 unspecified atom stereocenters. The van der Waals surface area contributed by atoms with E-state index < -0.39 is 7.55 Å². The normalized spacial score (nSPS) is 16.0. The van der Waals surface area contributed by atoms with Gasteiger partial charge in [0.15, 0.2) is 0 Å². The summed E-state index contributed by atoms with van der Waals surface area (Å²) in [6.07, 6.45) is 4.83. The minimum absolute atomic E-state index is 1.15. The summed E-state index contributed by atoms with van der Waals surface area (Å²) in [5.74, 6) is 0. The standard InChI is InChI=1S/C29H23P/c1-5-13-23(14-6-1)26-21-28(24-15-7-2-8-16-24)30(27-19-11-4-12-20-27)29(22-26)25-17-9-3-10-18-25/h1-22,30H. The van der Waals surface area contributed by atoms with Crippen molar-refractivity contribution in [2.75, 3.05) is 0 Å². The van der Waals surface area contributed by atoms with Gasteiger partial charge < -0.3 is 0 Å². The molecule has 1 aliphatic heterocycles. The van der Waals surface area contributed by atoms with Crippen LogP contribution in [0.2, 0.25) is 0 Å². The number of allylic oxidation sites excluding steroid dienone is 3. The van der Waals surface area contributed by atoms with Crippen LogP contribution in [0, 0.1) is 0 Å². The van der Waals surface area contributed by atoms with Gasteiger partial charge in [-0.3, -0.25) is 0 Å². The first-order valence-electron chi connectivity index (χ1n) is 10.3. The third-order valence-electron chi connectivity index (χ3n) is 5.48. The van der Waals surface area contributed by atoms with Gasteiger partial charge in [-0.05, 0) is 50.3 Å². The highest BCUT2D eigenvalue weighted by Gasteiger charge is 2.20. The third kappa shape index (κ3) is 3.75. The van der Waals surface area contributed by atoms with E-state index in [0.29, 0.717) is 0 Å². The van der Waals surface area contributed by atoms with E-state index in [0.717, 1.165) is 0 Å². The first-order valence-corrected chi connectivity index (χ1v) is 11.8. The monoisotopic (exact) mass is 402 g/mol. The summed E-state index contributed by atoms with van der Waals surface area (Å²) in [6, 6.07) is 43.5. The van der Waals surface area contributed by atoms with Gasteiger partial charge in [-0.1, -0.05) is 129 Å². The molecule has 1 atom stereocenters. The van der Waals surface area contributed by atoms with E-state index in [-0.39, 0.29) is 0 Å². The molecule has 144 valence electrons. The average molecular weight is 402 g/mol. The smallest absolute Gasteiger partial charge is 0.0147 e. The number of rotatable bonds is 4. The topological polar surface area (TPSA) is 0 Å². The van der Waals surface area contributed by atoms with Crippen molar-refractivity contribution in [3.8, 4) is 0 Å². The van der Waals surface area contributed by atoms with Gasteiger partial charge in [-0.2, -0.15) is 0 Å². The largest absolute Gasteiger partial charge is 0.0622 e. The number of benzene rings is 4. The molecule has 4 aromatic carbocycles. The Morgan fingerprint density at radius 1 is 0.400 bits per heavy atom. The van der Waals surface area contributed by atoms with Crippen LogP contribution >= 0.6 is 7.55 Å². The summed E-state index contributed by atoms with van der Waals surface area (Å²) in [5.41, 5.74) is 5.15. The van der Waals surface area contributed by atoms with Crippen molar-refractivity contribution in [1.29, 1.82) is 0 Å². The van der Waals surface area contributed by atoms with E-state index in [9.17, 15) is 0 Å². The fourth-order valence-electron chi connectivity index (χ4n) is 4.05. The van der Waals surface area contributed by atoms with E-state index in [1.807, 2.05) is 0 Å². The molecule has 0 aliphatic carbocycles. The van der Waals surface area contributed by atoms with Crippen LogP contribution in [0.25, 0.3) is 10.9 Å². The van der Waals surface area contributed by atoms with Crippen LogP contribution in [-0.2, 0) is 0 Å². The number of hydrogen-bond donors (Lipinski definition) is 0. The van der Waals surface area contributed by atoms with Crippen LogP contribution < -0.4 is 5.30 Å². The Hall–Kier alpha value is -3.34. The Kier molecular flexibility index (Phi) is 5.34. The summed E-state index contributed by atoms with van der Waals surface area (Å²) >= 11 is 0. The first-order chi connectivity index (χ1) is 14.9. The molecule has 0 nitrogen and oxygen atoms in total. The maximum Gasteiger partial charge on any atom is -0.0147 e. The molecular formula is C29H23P. The molecule has 0 N–H and O–H groups in total. The molecule has 0 fully saturated rings. The van der Waals surface area contributed by atoms with Gasteiger partial charge in [0.1, 0.15) is 0 Å². The maximum atomic E-state index is 2.42. The quantitative estimate of drug-likeness (QED) is 0.326. The first kappa shape index (κ1) is 18.7. The summed E-state index contributed by atoms with van der Waals surface area (Å²) in [4.78, 5) is 0. The van der Waals surface area contributed by atoms with Crippen LogP contribution in [0.15, 0.2) is 133 Å². The van der Waals surface area contributed by atoms with Crippen LogP contribution in [0.1, 0.15) is 16.7 Å². The second kappa shape index (κ2) is 8.57. The lowest BCUT2D eigenvalue weighted by Crippen LogP contribution is -2.09. The molecular weight excluding hydrogens is 379 g/mol. The molecule has 0 bridgehead atoms. The minimum Gasteiger partial charge on any atom is -0.0622 e. The van der Waals surface area contributed by atoms with Crippen molar-refractivity contribution < 1.29 is 0 Å². The summed E-state index contributed by atoms with van der Waals surface area (Å²) in [5, 5.41) is 4.29. The lowest BCUT2D eigenvalue weighted by molar-refractivity contribution is 1.61. The Bertz CT molecular complexity index is 1230. The minimum atomic E-state index is -1.15. The van der Waals surface area contributed by atoms with Crippen molar-refractivity contribution >= 4 is 29.0 Å². The van der Waals surface area contributed by atoms with E-state index in [1.165, 1.54) is 38.2 Å². The predicted molar refractivity (Wildman–Crippen MR) is 134 cm³/mol. The molecule has 0 saturated carbocycles. The Labute approximate surface area is 179 Å². The molecule has 1 heteroatoms. The highest BCUT2D eigenvalue weighted by molar-refractivity contribution is 7.76. The lowest BCUT2D eigenvalue weighted by atomic mass is 10.0. The zero-order valence-electron chi connectivity index (χ0n) is 16.7. The Morgan fingerprint density at radius 2 is 0.867 bits per heavy atom. The molecule has 4 aromatic rings. The Balaban J connectivity index is 1.83. The third-order valence-corrected chi connectivity index (χ3v) is 8.33. The summed E-state index contributed by atoms with van der Waals surface area (Å²) in [6.45, 7) is 0. The van der Waals surface area contributed by atoms with Crippen LogP contribution in [0.5, 0.6) is 0 Å². The fourth-order valence-corrected chi connectivity index (χ4v) is 6.99. The molecule has 0 saturated heterocycles. The molecule has 30 heavy (non-hydrogen) atoms. The molecule has 5 rings (SSSR count). The van der Waals surface area contributed by atoms with Gasteiger partial charge in [0.25, 0.3) is 0 Å². The van der Waals surface area contributed by atoms with Gasteiger partial charge in [0, 0.05) is 0 Å². The summed E-state index contributed by atoms with van der Waals surface area (Å²) < 4.78 is 0. The van der Waals surface area contributed by atoms with Gasteiger partial charge in [-0.25, -0.2) is 0 Å². The van der Waals surface area contributed by atoms with Crippen LogP contribution in [0.3, 0.4) is 0 Å². The van der Waals surface area contributed by atoms with Gasteiger partial charge in [0.05, 0.1) is 0 Å². The van der Waals surface area contributed by atoms with Crippen molar-refractivity contribution in [2.45, 2.75) is 0 Å². The fraction of sp³-hybridized carbons (Fsp3) is 0. The van der Waals surface area contributed by atoms with E-state index in [1.54, 1.807) is 0 Å². The van der Waals surface area contributed by atoms with Crippen LogP contribution in [-0.4, -0.2) is 5.29 Å². The molecule has 0 spiro atoms. The highest BCUT2D eigenvalue weighted by atomic mass is 31.1. The van der Waals surface area contributed by atoms with Gasteiger partial charge in [-0.15, -0.1) is 0 Å². The average Bonchev–Trinajstić information content (AvgIpc) is 2.85. The zero-order chi connectivity index (χ0) is 20.2. The lowest BCUT2D eigenvalue weighted by Gasteiger charge is -2.24. The van der Waals surface area contributed by atoms with Gasteiger partial charge in [0.2, 0.25) is 0 Å². The molecule has 0 aromatic heterocycles.